The lowest BCUT2D eigenvalue weighted by atomic mass is 10.3. The number of aliphatic hydroxyl groups is 1. The van der Waals surface area contributed by atoms with Gasteiger partial charge in [0.2, 0.25) is 10.0 Å². The minimum Gasteiger partial charge on any atom is -0.391 e. The summed E-state index contributed by atoms with van der Waals surface area (Å²) in [5.74, 6) is 0. The zero-order chi connectivity index (χ0) is 14.9. The molecule has 0 saturated carbocycles. The Balaban J connectivity index is 2.24. The number of aliphatic hydroxyl groups excluding tert-OH is 1. The lowest BCUT2D eigenvalue weighted by molar-refractivity contribution is 0.285. The summed E-state index contributed by atoms with van der Waals surface area (Å²) in [4.78, 5) is 2.90. The molecule has 2 aromatic rings. The van der Waals surface area contributed by atoms with Crippen molar-refractivity contribution in [2.24, 2.45) is 0 Å². The summed E-state index contributed by atoms with van der Waals surface area (Å²) in [7, 11) is -3.61. The largest absolute Gasteiger partial charge is 0.391 e. The van der Waals surface area contributed by atoms with E-state index in [1.165, 1.54) is 17.4 Å². The van der Waals surface area contributed by atoms with E-state index in [-0.39, 0.29) is 17.5 Å². The maximum atomic E-state index is 12.4. The van der Waals surface area contributed by atoms with Crippen LogP contribution in [-0.4, -0.2) is 13.5 Å². The molecule has 0 bridgehead atoms. The van der Waals surface area contributed by atoms with Crippen LogP contribution in [0.2, 0.25) is 0 Å². The van der Waals surface area contributed by atoms with Crippen LogP contribution in [0.25, 0.3) is 0 Å². The molecule has 2 aromatic heterocycles. The maximum absolute atomic E-state index is 12.4. The average Bonchev–Trinajstić information content (AvgIpc) is 2.95. The third-order valence-electron chi connectivity index (χ3n) is 2.67. The Hall–Kier alpha value is -0.250. The fourth-order valence-corrected chi connectivity index (χ4v) is 6.42. The quantitative estimate of drug-likeness (QED) is 0.814. The van der Waals surface area contributed by atoms with Gasteiger partial charge in [-0.25, -0.2) is 13.1 Å². The highest BCUT2D eigenvalue weighted by molar-refractivity contribution is 9.11. The van der Waals surface area contributed by atoms with E-state index in [1.807, 2.05) is 26.0 Å². The molecule has 0 saturated heterocycles. The predicted octanol–water partition coefficient (Wildman–Crippen LogP) is 3.41. The van der Waals surface area contributed by atoms with Crippen LogP contribution in [0.3, 0.4) is 0 Å². The van der Waals surface area contributed by atoms with Gasteiger partial charge in [0.05, 0.1) is 16.4 Å². The van der Waals surface area contributed by atoms with Gasteiger partial charge in [-0.3, -0.25) is 0 Å². The maximum Gasteiger partial charge on any atom is 0.243 e. The highest BCUT2D eigenvalue weighted by atomic mass is 79.9. The second-order valence-corrected chi connectivity index (χ2v) is 9.76. The Bertz CT molecular complexity index is 705. The van der Waals surface area contributed by atoms with E-state index in [0.717, 1.165) is 9.75 Å². The molecule has 0 amide bonds. The van der Waals surface area contributed by atoms with Crippen molar-refractivity contribution in [3.63, 3.8) is 0 Å². The Morgan fingerprint density at radius 2 is 2.10 bits per heavy atom. The lowest BCUT2D eigenvalue weighted by Gasteiger charge is -2.12. The second kappa shape index (κ2) is 6.25. The number of thiophene rings is 2. The van der Waals surface area contributed by atoms with Gasteiger partial charge in [0.1, 0.15) is 4.90 Å². The summed E-state index contributed by atoms with van der Waals surface area (Å²) >= 11 is 6.02. The number of hydrogen-bond acceptors (Lipinski definition) is 5. The molecule has 4 nitrogen and oxygen atoms in total. The monoisotopic (exact) mass is 395 g/mol. The van der Waals surface area contributed by atoms with Crippen molar-refractivity contribution in [3.8, 4) is 0 Å². The van der Waals surface area contributed by atoms with Crippen LogP contribution < -0.4 is 4.72 Å². The fraction of sp³-hybridized carbons (Fsp3) is 0.333. The van der Waals surface area contributed by atoms with E-state index >= 15 is 0 Å². The molecular formula is C12H14BrNO3S3. The molecular weight excluding hydrogens is 382 g/mol. The second-order valence-electron chi connectivity index (χ2n) is 4.30. The standard InChI is InChI=1S/C12H14BrNO3S3/c1-7-3-4-10(18-7)8(2)14-20(16,17)11-5-9(6-15)19-12(11)13/h3-5,8,14-15H,6H2,1-2H3. The number of halogens is 1. The van der Waals surface area contributed by atoms with E-state index in [0.29, 0.717) is 8.66 Å². The topological polar surface area (TPSA) is 66.4 Å². The van der Waals surface area contributed by atoms with Crippen LogP contribution in [0, 0.1) is 6.92 Å². The van der Waals surface area contributed by atoms with E-state index < -0.39 is 10.0 Å². The Morgan fingerprint density at radius 1 is 1.40 bits per heavy atom. The molecule has 20 heavy (non-hydrogen) atoms. The van der Waals surface area contributed by atoms with Gasteiger partial charge in [-0.2, -0.15) is 0 Å². The third-order valence-corrected chi connectivity index (χ3v) is 7.63. The van der Waals surface area contributed by atoms with Gasteiger partial charge in [-0.05, 0) is 48.0 Å². The molecule has 0 aromatic carbocycles. The van der Waals surface area contributed by atoms with Crippen LogP contribution in [0.15, 0.2) is 26.9 Å². The molecule has 0 spiro atoms. The van der Waals surface area contributed by atoms with E-state index in [2.05, 4.69) is 20.7 Å². The summed E-state index contributed by atoms with van der Waals surface area (Å²) in [5, 5.41) is 9.08. The number of nitrogens with one attached hydrogen (secondary N) is 1. The van der Waals surface area contributed by atoms with Crippen molar-refractivity contribution in [1.82, 2.24) is 4.72 Å². The molecule has 110 valence electrons. The number of sulfonamides is 1. The molecule has 2 rings (SSSR count). The molecule has 1 unspecified atom stereocenters. The fourth-order valence-electron chi connectivity index (χ4n) is 1.70. The summed E-state index contributed by atoms with van der Waals surface area (Å²) in [6.45, 7) is 3.63. The molecule has 2 heterocycles. The highest BCUT2D eigenvalue weighted by Crippen LogP contribution is 2.33. The normalized spacial score (nSPS) is 13.6. The Kier molecular flexibility index (Phi) is 5.04. The van der Waals surface area contributed by atoms with Gasteiger partial charge in [-0.15, -0.1) is 22.7 Å². The smallest absolute Gasteiger partial charge is 0.243 e. The predicted molar refractivity (Wildman–Crippen MR) is 85.7 cm³/mol. The molecule has 0 aliphatic heterocycles. The first-order valence-corrected chi connectivity index (χ1v) is 9.72. The van der Waals surface area contributed by atoms with Gasteiger partial charge in [0, 0.05) is 14.6 Å². The number of aryl methyl sites for hydroxylation is 1. The zero-order valence-corrected chi connectivity index (χ0v) is 14.9. The van der Waals surface area contributed by atoms with Crippen molar-refractivity contribution in [1.29, 1.82) is 0 Å². The van der Waals surface area contributed by atoms with E-state index in [1.54, 1.807) is 11.3 Å². The van der Waals surface area contributed by atoms with Gasteiger partial charge in [-0.1, -0.05) is 0 Å². The van der Waals surface area contributed by atoms with Crippen LogP contribution in [0.4, 0.5) is 0 Å². The summed E-state index contributed by atoms with van der Waals surface area (Å²) in [6.07, 6.45) is 0. The first kappa shape index (κ1) is 16.1. The summed E-state index contributed by atoms with van der Waals surface area (Å²) in [6, 6.07) is 5.09. The van der Waals surface area contributed by atoms with Gasteiger partial charge < -0.3 is 5.11 Å². The molecule has 1 atom stereocenters. The molecule has 0 fully saturated rings. The number of hydrogen-bond donors (Lipinski definition) is 2. The SMILES string of the molecule is Cc1ccc(C(C)NS(=O)(=O)c2cc(CO)sc2Br)s1. The van der Waals surface area contributed by atoms with Gasteiger partial charge in [0.25, 0.3) is 0 Å². The molecule has 2 N–H and O–H groups in total. The van der Waals surface area contributed by atoms with Crippen molar-refractivity contribution in [2.75, 3.05) is 0 Å². The van der Waals surface area contributed by atoms with Crippen molar-refractivity contribution in [2.45, 2.75) is 31.4 Å². The molecule has 0 aliphatic carbocycles. The van der Waals surface area contributed by atoms with E-state index in [9.17, 15) is 8.42 Å². The lowest BCUT2D eigenvalue weighted by Crippen LogP contribution is -2.26. The molecule has 0 aliphatic rings. The van der Waals surface area contributed by atoms with Crippen molar-refractivity contribution >= 4 is 48.6 Å². The first-order valence-electron chi connectivity index (χ1n) is 5.81. The zero-order valence-electron chi connectivity index (χ0n) is 10.9. The Labute approximate surface area is 134 Å². The first-order chi connectivity index (χ1) is 9.33. The van der Waals surface area contributed by atoms with Gasteiger partial charge >= 0.3 is 0 Å². The summed E-state index contributed by atoms with van der Waals surface area (Å²) < 4.78 is 27.9. The van der Waals surface area contributed by atoms with Crippen molar-refractivity contribution in [3.05, 3.63) is 36.6 Å². The van der Waals surface area contributed by atoms with E-state index in [4.69, 9.17) is 5.11 Å². The molecule has 0 radical (unpaired) electrons. The molecule has 8 heteroatoms. The van der Waals surface area contributed by atoms with Crippen LogP contribution >= 0.6 is 38.6 Å². The van der Waals surface area contributed by atoms with Crippen LogP contribution in [-0.2, 0) is 16.6 Å². The Morgan fingerprint density at radius 3 is 2.60 bits per heavy atom. The minimum absolute atomic E-state index is 0.168. The van der Waals surface area contributed by atoms with Crippen LogP contribution in [0.5, 0.6) is 0 Å². The van der Waals surface area contributed by atoms with Crippen LogP contribution in [0.1, 0.15) is 27.6 Å². The summed E-state index contributed by atoms with van der Waals surface area (Å²) in [5.41, 5.74) is 0. The minimum atomic E-state index is -3.61. The highest BCUT2D eigenvalue weighted by Gasteiger charge is 2.23. The number of rotatable bonds is 5. The average molecular weight is 396 g/mol. The third kappa shape index (κ3) is 3.49. The van der Waals surface area contributed by atoms with Gasteiger partial charge in [0.15, 0.2) is 0 Å². The van der Waals surface area contributed by atoms with Crippen molar-refractivity contribution < 1.29 is 13.5 Å².